The van der Waals surface area contributed by atoms with E-state index in [9.17, 15) is 0 Å². The molecule has 62 valence electrons. The van der Waals surface area contributed by atoms with Gasteiger partial charge in [-0.1, -0.05) is 0 Å². The monoisotopic (exact) mass is 174 g/mol. The van der Waals surface area contributed by atoms with E-state index >= 15 is 0 Å². The third kappa shape index (κ3) is 1.48. The number of hydrogen-bond donors (Lipinski definition) is 1. The van der Waals surface area contributed by atoms with E-state index in [2.05, 4.69) is 4.98 Å². The Morgan fingerprint density at radius 1 is 1.27 bits per heavy atom. The normalized spacial score (nSPS) is 15.3. The van der Waals surface area contributed by atoms with Crippen molar-refractivity contribution in [3.63, 3.8) is 0 Å². The van der Waals surface area contributed by atoms with Gasteiger partial charge in [-0.25, -0.2) is 0 Å². The summed E-state index contributed by atoms with van der Waals surface area (Å²) < 4.78 is 5.17. The van der Waals surface area contributed by atoms with Crippen LogP contribution in [0.5, 0.6) is 0 Å². The van der Waals surface area contributed by atoms with Gasteiger partial charge in [-0.3, -0.25) is 0 Å². The highest BCUT2D eigenvalue weighted by Gasteiger charge is 2.14. The quantitative estimate of drug-likeness (QED) is 0.650. The molecular weight excluding hydrogens is 164 g/mol. The van der Waals surface area contributed by atoms with E-state index in [0.29, 0.717) is 6.01 Å². The van der Waals surface area contributed by atoms with Crippen LogP contribution in [-0.2, 0) is 12.8 Å². The number of aryl methyl sites for hydroxylation is 2. The number of fused-ring (bicyclic) bond motifs is 1. The molecule has 0 aliphatic heterocycles. The lowest BCUT2D eigenvalue weighted by molar-refractivity contribution is 0.490. The van der Waals surface area contributed by atoms with Crippen molar-refractivity contribution in [2.45, 2.75) is 25.7 Å². The van der Waals surface area contributed by atoms with Gasteiger partial charge in [0, 0.05) is 6.42 Å². The Morgan fingerprint density at radius 3 is 2.73 bits per heavy atom. The Hall–Kier alpha value is -0.700. The van der Waals surface area contributed by atoms with E-state index in [1.165, 1.54) is 12.8 Å². The molecule has 11 heavy (non-hydrogen) atoms. The molecule has 0 unspecified atom stereocenters. The zero-order valence-corrected chi connectivity index (χ0v) is 6.99. The lowest BCUT2D eigenvalue weighted by atomic mass is 10.0. The molecule has 0 atom stereocenters. The Kier molecular flexibility index (Phi) is 2.39. The number of halogens is 1. The highest BCUT2D eigenvalue weighted by atomic mass is 35.5. The van der Waals surface area contributed by atoms with E-state index in [-0.39, 0.29) is 12.4 Å². The minimum Gasteiger partial charge on any atom is -0.429 e. The van der Waals surface area contributed by atoms with Crippen molar-refractivity contribution < 1.29 is 4.42 Å². The zero-order chi connectivity index (χ0) is 6.97. The van der Waals surface area contributed by atoms with Gasteiger partial charge in [0.05, 0.1) is 5.69 Å². The van der Waals surface area contributed by atoms with Crippen molar-refractivity contribution >= 4 is 18.4 Å². The summed E-state index contributed by atoms with van der Waals surface area (Å²) in [6.07, 6.45) is 4.48. The highest BCUT2D eigenvalue weighted by Crippen LogP contribution is 2.21. The smallest absolute Gasteiger partial charge is 0.292 e. The van der Waals surface area contributed by atoms with Gasteiger partial charge in [-0.05, 0) is 19.3 Å². The summed E-state index contributed by atoms with van der Waals surface area (Å²) in [4.78, 5) is 4.06. The molecular formula is C7H11ClN2O. The van der Waals surface area contributed by atoms with Crippen molar-refractivity contribution in [2.24, 2.45) is 0 Å². The number of oxazole rings is 1. The number of rotatable bonds is 0. The van der Waals surface area contributed by atoms with Crippen LogP contribution in [0.4, 0.5) is 6.01 Å². The summed E-state index contributed by atoms with van der Waals surface area (Å²) in [5.74, 6) is 1.00. The van der Waals surface area contributed by atoms with Crippen LogP contribution in [0, 0.1) is 0 Å². The van der Waals surface area contributed by atoms with E-state index in [0.717, 1.165) is 24.3 Å². The molecule has 0 bridgehead atoms. The van der Waals surface area contributed by atoms with Crippen molar-refractivity contribution in [1.82, 2.24) is 4.98 Å². The Morgan fingerprint density at radius 2 is 2.00 bits per heavy atom. The molecule has 0 radical (unpaired) electrons. The summed E-state index contributed by atoms with van der Waals surface area (Å²) in [6, 6.07) is 0.326. The van der Waals surface area contributed by atoms with Crippen LogP contribution in [0.3, 0.4) is 0 Å². The number of nitrogen functional groups attached to an aromatic ring is 1. The predicted octanol–water partition coefficient (Wildman–Crippen LogP) is 1.56. The molecule has 0 amide bonds. The zero-order valence-electron chi connectivity index (χ0n) is 6.17. The first-order chi connectivity index (χ1) is 4.86. The van der Waals surface area contributed by atoms with Gasteiger partial charge in [-0.2, -0.15) is 4.98 Å². The molecule has 0 saturated heterocycles. The maximum atomic E-state index is 5.38. The predicted molar refractivity (Wildman–Crippen MR) is 44.8 cm³/mol. The third-order valence-corrected chi connectivity index (χ3v) is 1.86. The molecule has 2 rings (SSSR count). The second kappa shape index (κ2) is 3.13. The van der Waals surface area contributed by atoms with E-state index in [4.69, 9.17) is 10.2 Å². The van der Waals surface area contributed by atoms with Crippen molar-refractivity contribution in [3.05, 3.63) is 11.5 Å². The van der Waals surface area contributed by atoms with Crippen molar-refractivity contribution in [2.75, 3.05) is 5.73 Å². The van der Waals surface area contributed by atoms with Gasteiger partial charge in [0.1, 0.15) is 5.76 Å². The minimum absolute atomic E-state index is 0. The van der Waals surface area contributed by atoms with Gasteiger partial charge < -0.3 is 10.2 Å². The van der Waals surface area contributed by atoms with Gasteiger partial charge in [0.15, 0.2) is 0 Å². The second-order valence-corrected chi connectivity index (χ2v) is 2.63. The topological polar surface area (TPSA) is 52.0 Å². The van der Waals surface area contributed by atoms with Crippen LogP contribution in [-0.4, -0.2) is 4.98 Å². The summed E-state index contributed by atoms with van der Waals surface area (Å²) in [6.45, 7) is 0. The van der Waals surface area contributed by atoms with Crippen molar-refractivity contribution in [1.29, 1.82) is 0 Å². The summed E-state index contributed by atoms with van der Waals surface area (Å²) in [5, 5.41) is 0. The first-order valence-corrected chi connectivity index (χ1v) is 3.60. The van der Waals surface area contributed by atoms with Crippen LogP contribution in [0.1, 0.15) is 24.3 Å². The highest BCUT2D eigenvalue weighted by molar-refractivity contribution is 5.85. The van der Waals surface area contributed by atoms with Crippen LogP contribution in [0.2, 0.25) is 0 Å². The minimum atomic E-state index is 0. The fourth-order valence-corrected chi connectivity index (χ4v) is 1.37. The summed E-state index contributed by atoms with van der Waals surface area (Å²) >= 11 is 0. The Bertz CT molecular complexity index is 223. The van der Waals surface area contributed by atoms with Gasteiger partial charge in [0.2, 0.25) is 0 Å². The number of hydrogen-bond acceptors (Lipinski definition) is 3. The Labute approximate surface area is 71.4 Å². The third-order valence-electron chi connectivity index (χ3n) is 1.86. The molecule has 1 aliphatic rings. The number of anilines is 1. The second-order valence-electron chi connectivity index (χ2n) is 2.63. The molecule has 0 spiro atoms. The molecule has 3 nitrogen and oxygen atoms in total. The van der Waals surface area contributed by atoms with Gasteiger partial charge in [0.25, 0.3) is 6.01 Å². The molecule has 4 heteroatoms. The maximum absolute atomic E-state index is 5.38. The first-order valence-electron chi connectivity index (χ1n) is 3.60. The molecule has 1 heterocycles. The number of nitrogens with two attached hydrogens (primary N) is 1. The summed E-state index contributed by atoms with van der Waals surface area (Å²) in [5.41, 5.74) is 6.45. The molecule has 1 aromatic rings. The molecule has 1 aliphatic carbocycles. The van der Waals surface area contributed by atoms with E-state index in [1.54, 1.807) is 0 Å². The van der Waals surface area contributed by atoms with Crippen molar-refractivity contribution in [3.8, 4) is 0 Å². The Balaban J connectivity index is 0.000000605. The summed E-state index contributed by atoms with van der Waals surface area (Å²) in [7, 11) is 0. The van der Waals surface area contributed by atoms with Crippen LogP contribution >= 0.6 is 12.4 Å². The van der Waals surface area contributed by atoms with E-state index in [1.807, 2.05) is 0 Å². The number of nitrogens with zero attached hydrogens (tertiary/aromatic N) is 1. The van der Waals surface area contributed by atoms with Gasteiger partial charge >= 0.3 is 0 Å². The molecule has 1 aromatic heterocycles. The maximum Gasteiger partial charge on any atom is 0.292 e. The lowest BCUT2D eigenvalue weighted by Gasteiger charge is -2.05. The van der Waals surface area contributed by atoms with E-state index < -0.39 is 0 Å². The molecule has 2 N–H and O–H groups in total. The van der Waals surface area contributed by atoms with Crippen LogP contribution in [0.25, 0.3) is 0 Å². The SMILES string of the molecule is Cl.Nc1nc2c(o1)CCCC2. The fraction of sp³-hybridized carbons (Fsp3) is 0.571. The first kappa shape index (κ1) is 8.40. The van der Waals surface area contributed by atoms with Gasteiger partial charge in [-0.15, -0.1) is 12.4 Å². The fourth-order valence-electron chi connectivity index (χ4n) is 1.37. The average molecular weight is 175 g/mol. The lowest BCUT2D eigenvalue weighted by Crippen LogP contribution is -1.99. The molecule has 0 aromatic carbocycles. The standard InChI is InChI=1S/C7H10N2O.ClH/c8-7-9-5-3-1-2-4-6(5)10-7;/h1-4H2,(H2,8,9);1H. The largest absolute Gasteiger partial charge is 0.429 e. The molecule has 0 saturated carbocycles. The molecule has 0 fully saturated rings. The van der Waals surface area contributed by atoms with Crippen LogP contribution in [0.15, 0.2) is 4.42 Å². The number of aromatic nitrogens is 1. The van der Waals surface area contributed by atoms with Crippen LogP contribution < -0.4 is 5.73 Å². The average Bonchev–Trinajstić information content (AvgIpc) is 2.27.